The molecule has 22 heavy (non-hydrogen) atoms. The van der Waals surface area contributed by atoms with E-state index in [4.69, 9.17) is 34.8 Å². The fraction of sp³-hybridized carbons (Fsp3) is 0.188. The van der Waals surface area contributed by atoms with E-state index in [9.17, 15) is 4.79 Å². The van der Waals surface area contributed by atoms with Crippen LogP contribution in [0.15, 0.2) is 41.3 Å². The van der Waals surface area contributed by atoms with Crippen LogP contribution in [0.1, 0.15) is 28.4 Å². The summed E-state index contributed by atoms with van der Waals surface area (Å²) in [5, 5.41) is 4.57. The number of halogens is 3. The first-order chi connectivity index (χ1) is 10.5. The Morgan fingerprint density at radius 2 is 1.82 bits per heavy atom. The number of rotatable bonds is 2. The van der Waals surface area contributed by atoms with Crippen LogP contribution >= 0.6 is 46.6 Å². The summed E-state index contributed by atoms with van der Waals surface area (Å²) in [5.74, 6) is 0.748. The topological polar surface area (TPSA) is 29.1 Å². The van der Waals surface area contributed by atoms with Crippen molar-refractivity contribution in [1.29, 1.82) is 0 Å². The van der Waals surface area contributed by atoms with Gasteiger partial charge in [0, 0.05) is 20.7 Å². The lowest BCUT2D eigenvalue weighted by molar-refractivity contribution is 0.0935. The Balaban J connectivity index is 1.85. The second-order valence-electron chi connectivity index (χ2n) is 4.97. The van der Waals surface area contributed by atoms with E-state index in [2.05, 4.69) is 5.32 Å². The van der Waals surface area contributed by atoms with Gasteiger partial charge in [-0.1, -0.05) is 34.8 Å². The summed E-state index contributed by atoms with van der Waals surface area (Å²) < 4.78 is 0. The van der Waals surface area contributed by atoms with Crippen LogP contribution in [-0.4, -0.2) is 11.7 Å². The standard InChI is InChI=1S/C16H12Cl3NOS/c17-9-2-4-15-12(7-9)14(5-6-22-15)20-16(21)11-3-1-10(18)8-13(11)19/h1-4,7-8,14H,5-6H2,(H,20,21). The van der Waals surface area contributed by atoms with Crippen molar-refractivity contribution in [3.8, 4) is 0 Å². The Morgan fingerprint density at radius 1 is 1.09 bits per heavy atom. The average molecular weight is 373 g/mol. The van der Waals surface area contributed by atoms with Gasteiger partial charge in [0.2, 0.25) is 0 Å². The predicted molar refractivity (Wildman–Crippen MR) is 93.5 cm³/mol. The summed E-state index contributed by atoms with van der Waals surface area (Å²) in [6, 6.07) is 10.6. The lowest BCUT2D eigenvalue weighted by Crippen LogP contribution is -2.30. The summed E-state index contributed by atoms with van der Waals surface area (Å²) >= 11 is 19.8. The second-order valence-corrected chi connectivity index (χ2v) is 7.39. The van der Waals surface area contributed by atoms with E-state index in [0.717, 1.165) is 22.6 Å². The summed E-state index contributed by atoms with van der Waals surface area (Å²) in [7, 11) is 0. The third-order valence-corrected chi connectivity index (χ3v) is 5.40. The van der Waals surface area contributed by atoms with Crippen LogP contribution in [0, 0.1) is 0 Å². The quantitative estimate of drug-likeness (QED) is 0.742. The number of thioether (sulfide) groups is 1. The Labute approximate surface area is 148 Å². The molecule has 1 heterocycles. The summed E-state index contributed by atoms with van der Waals surface area (Å²) in [6.45, 7) is 0. The van der Waals surface area contributed by atoms with Crippen molar-refractivity contribution in [3.05, 3.63) is 62.6 Å². The third kappa shape index (κ3) is 3.38. The molecule has 0 fully saturated rings. The van der Waals surface area contributed by atoms with Crippen LogP contribution in [0.25, 0.3) is 0 Å². The molecule has 0 radical (unpaired) electrons. The molecule has 1 aliphatic rings. The molecule has 0 saturated heterocycles. The van der Waals surface area contributed by atoms with E-state index in [1.54, 1.807) is 30.0 Å². The van der Waals surface area contributed by atoms with E-state index in [1.165, 1.54) is 0 Å². The van der Waals surface area contributed by atoms with Gasteiger partial charge in [-0.05, 0) is 48.4 Å². The number of fused-ring (bicyclic) bond motifs is 1. The van der Waals surface area contributed by atoms with E-state index in [-0.39, 0.29) is 11.9 Å². The van der Waals surface area contributed by atoms with E-state index in [0.29, 0.717) is 20.6 Å². The van der Waals surface area contributed by atoms with E-state index in [1.807, 2.05) is 18.2 Å². The number of amides is 1. The van der Waals surface area contributed by atoms with Gasteiger partial charge in [0.25, 0.3) is 5.91 Å². The predicted octanol–water partition coefficient (Wildman–Crippen LogP) is 5.61. The Kier molecular flexibility index (Phi) is 4.88. The smallest absolute Gasteiger partial charge is 0.253 e. The van der Waals surface area contributed by atoms with Crippen LogP contribution in [0.4, 0.5) is 0 Å². The molecule has 0 aliphatic carbocycles. The molecule has 1 aliphatic heterocycles. The van der Waals surface area contributed by atoms with Crippen LogP contribution in [0.3, 0.4) is 0 Å². The molecule has 0 spiro atoms. The molecule has 2 aromatic rings. The van der Waals surface area contributed by atoms with Crippen molar-refractivity contribution in [3.63, 3.8) is 0 Å². The van der Waals surface area contributed by atoms with Gasteiger partial charge in [0.05, 0.1) is 16.6 Å². The molecule has 6 heteroatoms. The van der Waals surface area contributed by atoms with Crippen LogP contribution in [0.2, 0.25) is 15.1 Å². The molecule has 0 saturated carbocycles. The summed E-state index contributed by atoms with van der Waals surface area (Å²) in [6.07, 6.45) is 0.856. The summed E-state index contributed by atoms with van der Waals surface area (Å²) in [5.41, 5.74) is 1.48. The molecule has 1 unspecified atom stereocenters. The average Bonchev–Trinajstić information content (AvgIpc) is 2.47. The number of carbonyl (C=O) groups is 1. The first-order valence-electron chi connectivity index (χ1n) is 6.73. The van der Waals surface area contributed by atoms with Crippen molar-refractivity contribution < 1.29 is 4.79 Å². The molecule has 3 rings (SSSR count). The maximum atomic E-state index is 12.5. The van der Waals surface area contributed by atoms with Crippen molar-refractivity contribution in [2.45, 2.75) is 17.4 Å². The first-order valence-corrected chi connectivity index (χ1v) is 8.85. The van der Waals surface area contributed by atoms with Crippen LogP contribution in [0.5, 0.6) is 0 Å². The molecular weight excluding hydrogens is 361 g/mol. The fourth-order valence-corrected chi connectivity index (χ4v) is 4.21. The zero-order valence-electron chi connectivity index (χ0n) is 11.4. The number of carbonyl (C=O) groups excluding carboxylic acids is 1. The highest BCUT2D eigenvalue weighted by Crippen LogP contribution is 2.37. The molecule has 114 valence electrons. The van der Waals surface area contributed by atoms with E-state index < -0.39 is 0 Å². The largest absolute Gasteiger partial charge is 0.345 e. The Hall–Kier alpha value is -0.870. The minimum absolute atomic E-state index is 0.0609. The van der Waals surface area contributed by atoms with E-state index >= 15 is 0 Å². The molecule has 2 nitrogen and oxygen atoms in total. The van der Waals surface area contributed by atoms with Gasteiger partial charge in [-0.25, -0.2) is 0 Å². The van der Waals surface area contributed by atoms with Crippen LogP contribution < -0.4 is 5.32 Å². The van der Waals surface area contributed by atoms with Gasteiger partial charge in [-0.3, -0.25) is 4.79 Å². The number of nitrogens with one attached hydrogen (secondary N) is 1. The lowest BCUT2D eigenvalue weighted by Gasteiger charge is -2.26. The molecule has 1 N–H and O–H groups in total. The highest BCUT2D eigenvalue weighted by atomic mass is 35.5. The van der Waals surface area contributed by atoms with Crippen molar-refractivity contribution in [2.24, 2.45) is 0 Å². The van der Waals surface area contributed by atoms with Crippen molar-refractivity contribution in [2.75, 3.05) is 5.75 Å². The molecule has 2 aromatic carbocycles. The van der Waals surface area contributed by atoms with Crippen molar-refractivity contribution in [1.82, 2.24) is 5.32 Å². The van der Waals surface area contributed by atoms with Gasteiger partial charge in [-0.2, -0.15) is 0 Å². The molecule has 0 aromatic heterocycles. The van der Waals surface area contributed by atoms with Gasteiger partial charge in [0.1, 0.15) is 0 Å². The highest BCUT2D eigenvalue weighted by molar-refractivity contribution is 7.99. The lowest BCUT2D eigenvalue weighted by atomic mass is 10.0. The van der Waals surface area contributed by atoms with Gasteiger partial charge in [-0.15, -0.1) is 11.8 Å². The summed E-state index contributed by atoms with van der Waals surface area (Å²) in [4.78, 5) is 13.6. The maximum absolute atomic E-state index is 12.5. The second kappa shape index (κ2) is 6.71. The van der Waals surface area contributed by atoms with Crippen molar-refractivity contribution >= 4 is 52.5 Å². The SMILES string of the molecule is O=C(NC1CCSc2ccc(Cl)cc21)c1ccc(Cl)cc1Cl. The minimum atomic E-state index is -0.204. The maximum Gasteiger partial charge on any atom is 0.253 e. The first kappa shape index (κ1) is 16.0. The molecular formula is C16H12Cl3NOS. The van der Waals surface area contributed by atoms with Gasteiger partial charge in [0.15, 0.2) is 0 Å². The van der Waals surface area contributed by atoms with Gasteiger partial charge < -0.3 is 5.32 Å². The number of hydrogen-bond acceptors (Lipinski definition) is 2. The fourth-order valence-electron chi connectivity index (χ4n) is 2.42. The monoisotopic (exact) mass is 371 g/mol. The minimum Gasteiger partial charge on any atom is -0.345 e. The third-order valence-electron chi connectivity index (χ3n) is 3.49. The number of benzene rings is 2. The normalized spacial score (nSPS) is 17.0. The van der Waals surface area contributed by atoms with Gasteiger partial charge >= 0.3 is 0 Å². The highest BCUT2D eigenvalue weighted by Gasteiger charge is 2.23. The Morgan fingerprint density at radius 3 is 2.59 bits per heavy atom. The molecule has 1 amide bonds. The van der Waals surface area contributed by atoms with Crippen LogP contribution in [-0.2, 0) is 0 Å². The zero-order chi connectivity index (χ0) is 15.7. The zero-order valence-corrected chi connectivity index (χ0v) is 14.5. The number of hydrogen-bond donors (Lipinski definition) is 1. The molecule has 0 bridgehead atoms. The molecule has 1 atom stereocenters. The Bertz CT molecular complexity index is 735.